The number of carboxylic acids is 1. The molecule has 0 atom stereocenters. The van der Waals surface area contributed by atoms with Crippen molar-refractivity contribution in [3.05, 3.63) is 52.8 Å². The Hall–Kier alpha value is -2.27. The third-order valence-electron chi connectivity index (χ3n) is 2.99. The van der Waals surface area contributed by atoms with Gasteiger partial charge >= 0.3 is 5.97 Å². The zero-order chi connectivity index (χ0) is 15.4. The monoisotopic (exact) mass is 306 g/mol. The van der Waals surface area contributed by atoms with Crippen LogP contribution in [0.2, 0.25) is 5.02 Å². The number of carbonyl (C=O) groups excluding carboxylic acids is 1. The highest BCUT2D eigenvalue weighted by atomic mass is 35.5. The topological polar surface area (TPSA) is 71.3 Å². The fourth-order valence-electron chi connectivity index (χ4n) is 1.99. The molecule has 21 heavy (non-hydrogen) atoms. The van der Waals surface area contributed by atoms with E-state index in [1.807, 2.05) is 17.7 Å². The quantitative estimate of drug-likeness (QED) is 0.888. The molecule has 1 amide bonds. The molecule has 0 bridgehead atoms. The fourth-order valence-corrected chi connectivity index (χ4v) is 2.22. The lowest BCUT2D eigenvalue weighted by atomic mass is 10.2. The van der Waals surface area contributed by atoms with Gasteiger partial charge in [-0.1, -0.05) is 18.5 Å². The van der Waals surface area contributed by atoms with E-state index in [2.05, 4.69) is 5.32 Å². The second-order valence-electron chi connectivity index (χ2n) is 4.54. The number of aromatic nitrogens is 1. The van der Waals surface area contributed by atoms with E-state index in [1.54, 1.807) is 12.1 Å². The SMILES string of the molecule is CCCn1cccc1C(=O)Nc1ccc(C(=O)O)cc1Cl. The van der Waals surface area contributed by atoms with Gasteiger partial charge in [0.1, 0.15) is 5.69 Å². The lowest BCUT2D eigenvalue weighted by molar-refractivity contribution is 0.0696. The molecule has 0 radical (unpaired) electrons. The van der Waals surface area contributed by atoms with Crippen LogP contribution in [0.4, 0.5) is 5.69 Å². The molecule has 0 aliphatic carbocycles. The summed E-state index contributed by atoms with van der Waals surface area (Å²) in [5, 5.41) is 11.8. The molecule has 0 saturated carbocycles. The number of anilines is 1. The van der Waals surface area contributed by atoms with Gasteiger partial charge in [-0.25, -0.2) is 4.79 Å². The number of hydrogen-bond donors (Lipinski definition) is 2. The molecule has 5 nitrogen and oxygen atoms in total. The van der Waals surface area contributed by atoms with Crippen LogP contribution in [0.15, 0.2) is 36.5 Å². The molecule has 0 saturated heterocycles. The molecule has 0 fully saturated rings. The minimum atomic E-state index is -1.06. The average Bonchev–Trinajstić information content (AvgIpc) is 2.89. The molecular weight excluding hydrogens is 292 g/mol. The van der Waals surface area contributed by atoms with Crippen molar-refractivity contribution < 1.29 is 14.7 Å². The number of aryl methyl sites for hydroxylation is 1. The molecule has 0 aliphatic rings. The summed E-state index contributed by atoms with van der Waals surface area (Å²) in [5.74, 6) is -1.34. The molecule has 2 rings (SSSR count). The second kappa shape index (κ2) is 6.45. The van der Waals surface area contributed by atoms with Crippen molar-refractivity contribution in [1.29, 1.82) is 0 Å². The Bertz CT molecular complexity index is 679. The maximum Gasteiger partial charge on any atom is 0.335 e. The first-order valence-corrected chi connectivity index (χ1v) is 6.90. The van der Waals surface area contributed by atoms with Crippen LogP contribution in [0, 0.1) is 0 Å². The molecule has 2 N–H and O–H groups in total. The van der Waals surface area contributed by atoms with Crippen molar-refractivity contribution in [2.75, 3.05) is 5.32 Å². The van der Waals surface area contributed by atoms with E-state index in [-0.39, 0.29) is 16.5 Å². The van der Waals surface area contributed by atoms with Crippen LogP contribution >= 0.6 is 11.6 Å². The van der Waals surface area contributed by atoms with Gasteiger partial charge in [-0.2, -0.15) is 0 Å². The molecule has 2 aromatic rings. The molecule has 110 valence electrons. The molecule has 6 heteroatoms. The zero-order valence-corrected chi connectivity index (χ0v) is 12.2. The maximum atomic E-state index is 12.2. The van der Waals surface area contributed by atoms with Crippen molar-refractivity contribution in [1.82, 2.24) is 4.57 Å². The van der Waals surface area contributed by atoms with Crippen molar-refractivity contribution in [2.24, 2.45) is 0 Å². The van der Waals surface area contributed by atoms with E-state index < -0.39 is 5.97 Å². The van der Waals surface area contributed by atoms with E-state index in [9.17, 15) is 9.59 Å². The minimum absolute atomic E-state index is 0.0763. The Morgan fingerprint density at radius 1 is 1.33 bits per heavy atom. The number of halogens is 1. The van der Waals surface area contributed by atoms with Gasteiger partial charge in [-0.3, -0.25) is 4.79 Å². The Morgan fingerprint density at radius 2 is 2.10 bits per heavy atom. The van der Waals surface area contributed by atoms with Gasteiger partial charge < -0.3 is 15.0 Å². The Balaban J connectivity index is 2.19. The van der Waals surface area contributed by atoms with Gasteiger partial charge in [-0.05, 0) is 36.8 Å². The van der Waals surface area contributed by atoms with E-state index in [0.717, 1.165) is 13.0 Å². The molecule has 0 unspecified atom stereocenters. The van der Waals surface area contributed by atoms with Gasteiger partial charge in [0.15, 0.2) is 0 Å². The maximum absolute atomic E-state index is 12.2. The first-order chi connectivity index (χ1) is 10.0. The van der Waals surface area contributed by atoms with Crippen LogP contribution in [0.3, 0.4) is 0 Å². The molecule has 1 aromatic heterocycles. The summed E-state index contributed by atoms with van der Waals surface area (Å²) in [7, 11) is 0. The normalized spacial score (nSPS) is 10.4. The Morgan fingerprint density at radius 3 is 2.71 bits per heavy atom. The summed E-state index contributed by atoms with van der Waals surface area (Å²) < 4.78 is 1.86. The molecule has 1 heterocycles. The Kier molecular flexibility index (Phi) is 4.65. The average molecular weight is 307 g/mol. The Labute approximate surface area is 127 Å². The number of hydrogen-bond acceptors (Lipinski definition) is 2. The van der Waals surface area contributed by atoms with Gasteiger partial charge in [-0.15, -0.1) is 0 Å². The lowest BCUT2D eigenvalue weighted by Gasteiger charge is -2.10. The summed E-state index contributed by atoms with van der Waals surface area (Å²) in [6.07, 6.45) is 2.76. The number of nitrogens with zero attached hydrogens (tertiary/aromatic N) is 1. The largest absolute Gasteiger partial charge is 0.478 e. The van der Waals surface area contributed by atoms with Gasteiger partial charge in [0.2, 0.25) is 0 Å². The first-order valence-electron chi connectivity index (χ1n) is 6.52. The highest BCUT2D eigenvalue weighted by Crippen LogP contribution is 2.23. The highest BCUT2D eigenvalue weighted by Gasteiger charge is 2.13. The lowest BCUT2D eigenvalue weighted by Crippen LogP contribution is -2.17. The van der Waals surface area contributed by atoms with Gasteiger partial charge in [0.05, 0.1) is 16.3 Å². The fraction of sp³-hybridized carbons (Fsp3) is 0.200. The highest BCUT2D eigenvalue weighted by molar-refractivity contribution is 6.34. The number of benzene rings is 1. The summed E-state index contributed by atoms with van der Waals surface area (Å²) in [6, 6.07) is 7.72. The van der Waals surface area contributed by atoms with Crippen LogP contribution in [0.1, 0.15) is 34.2 Å². The number of carbonyl (C=O) groups is 2. The van der Waals surface area contributed by atoms with Gasteiger partial charge in [0.25, 0.3) is 5.91 Å². The summed E-state index contributed by atoms with van der Waals surface area (Å²) in [4.78, 5) is 23.1. The third-order valence-corrected chi connectivity index (χ3v) is 3.30. The summed E-state index contributed by atoms with van der Waals surface area (Å²) >= 11 is 6.00. The molecule has 1 aromatic carbocycles. The summed E-state index contributed by atoms with van der Waals surface area (Å²) in [5.41, 5.74) is 0.999. The van der Waals surface area contributed by atoms with Crippen molar-refractivity contribution in [3.63, 3.8) is 0 Å². The molecule has 0 aliphatic heterocycles. The predicted molar refractivity (Wildman–Crippen MR) is 81.1 cm³/mol. The number of carboxylic acid groups (broad SMARTS) is 1. The minimum Gasteiger partial charge on any atom is -0.478 e. The van der Waals surface area contributed by atoms with E-state index in [0.29, 0.717) is 11.4 Å². The van der Waals surface area contributed by atoms with Crippen molar-refractivity contribution >= 4 is 29.2 Å². The zero-order valence-electron chi connectivity index (χ0n) is 11.5. The van der Waals surface area contributed by atoms with Crippen LogP contribution in [-0.2, 0) is 6.54 Å². The number of nitrogens with one attached hydrogen (secondary N) is 1. The van der Waals surface area contributed by atoms with E-state index >= 15 is 0 Å². The van der Waals surface area contributed by atoms with Crippen molar-refractivity contribution in [3.8, 4) is 0 Å². The van der Waals surface area contributed by atoms with Crippen LogP contribution in [-0.4, -0.2) is 21.6 Å². The third kappa shape index (κ3) is 3.44. The van der Waals surface area contributed by atoms with Gasteiger partial charge in [0, 0.05) is 12.7 Å². The number of amides is 1. The number of aromatic carboxylic acids is 1. The van der Waals surface area contributed by atoms with Crippen LogP contribution in [0.5, 0.6) is 0 Å². The smallest absolute Gasteiger partial charge is 0.335 e. The standard InChI is InChI=1S/C15H15ClN2O3/c1-2-7-18-8-3-4-13(18)14(19)17-12-6-5-10(15(20)21)9-11(12)16/h3-6,8-9H,2,7H2,1H3,(H,17,19)(H,20,21). The number of rotatable bonds is 5. The first kappa shape index (κ1) is 15.1. The van der Waals surface area contributed by atoms with E-state index in [4.69, 9.17) is 16.7 Å². The second-order valence-corrected chi connectivity index (χ2v) is 4.95. The van der Waals surface area contributed by atoms with Crippen molar-refractivity contribution in [2.45, 2.75) is 19.9 Å². The predicted octanol–water partition coefficient (Wildman–Crippen LogP) is 3.50. The molecule has 0 spiro atoms. The molecular formula is C15H15ClN2O3. The summed E-state index contributed by atoms with van der Waals surface area (Å²) in [6.45, 7) is 2.78. The van der Waals surface area contributed by atoms with Crippen LogP contribution in [0.25, 0.3) is 0 Å². The van der Waals surface area contributed by atoms with E-state index in [1.165, 1.54) is 18.2 Å². The van der Waals surface area contributed by atoms with Crippen LogP contribution < -0.4 is 5.32 Å².